The number of phenols is 2. The van der Waals surface area contributed by atoms with E-state index in [0.29, 0.717) is 38.9 Å². The number of carbonyl (C=O) groups is 11. The molecule has 29 heteroatoms. The number of benzene rings is 6. The van der Waals surface area contributed by atoms with Crippen LogP contribution in [0.25, 0.3) is 0 Å². The molecular formula is C76H95N13O16. The predicted molar refractivity (Wildman–Crippen MR) is 390 cm³/mol. The highest BCUT2D eigenvalue weighted by atomic mass is 16.6. The van der Waals surface area contributed by atoms with Gasteiger partial charge in [-0.15, -0.1) is 0 Å². The third-order valence-corrected chi connectivity index (χ3v) is 17.0. The normalized spacial score (nSPS) is 13.2. The highest BCUT2D eigenvalue weighted by molar-refractivity contribution is 5.98. The smallest absolute Gasteiger partial charge is 0.276 e. The number of para-hydroxylation sites is 1. The van der Waals surface area contributed by atoms with Crippen molar-refractivity contribution in [2.45, 2.75) is 148 Å². The van der Waals surface area contributed by atoms with Crippen LogP contribution in [0, 0.1) is 35.8 Å². The van der Waals surface area contributed by atoms with Crippen molar-refractivity contribution in [3.63, 3.8) is 0 Å². The predicted octanol–water partition coefficient (Wildman–Crippen LogP) is 2.73. The van der Waals surface area contributed by atoms with Gasteiger partial charge in [0, 0.05) is 36.3 Å². The van der Waals surface area contributed by atoms with Crippen LogP contribution in [-0.4, -0.2) is 149 Å². The third-order valence-electron chi connectivity index (χ3n) is 17.0. The Kier molecular flexibility index (Phi) is 31.0. The van der Waals surface area contributed by atoms with Crippen molar-refractivity contribution < 1.29 is 72.6 Å². The molecular weight excluding hydrogens is 1350 g/mol. The summed E-state index contributed by atoms with van der Waals surface area (Å²) in [5, 5.41) is 58.1. The SMILES string of the molecule is Cc1cc(C)c(C(C)(C)[C@H](NC(=O)[C@H](CC(C)C)NC(=O)[C@H](Cc2ccccc2)NC(=O)CNC(=O)CNC(=O)[C@@H](N)Cc2ccc(O)cc2)C(=O)N[C@@H](Cc2ccc(O)cc2)C(=O)NCC(=O)NCC(=O)N[C@@H](Cc2ccccc2)C(=O)N[C@@H](CC(C)C)C(N)=O)c(OCc2ccccc2[N+](=O)[O-])c1. The molecule has 6 aromatic carbocycles. The first kappa shape index (κ1) is 82.2. The Morgan fingerprint density at radius 3 is 1.37 bits per heavy atom. The Balaban J connectivity index is 1.28. The van der Waals surface area contributed by atoms with Crippen molar-refractivity contribution >= 4 is 70.7 Å². The van der Waals surface area contributed by atoms with E-state index < -0.39 is 144 Å². The Morgan fingerprint density at radius 1 is 0.476 bits per heavy atom. The van der Waals surface area contributed by atoms with E-state index in [1.165, 1.54) is 54.6 Å². The first-order valence-corrected chi connectivity index (χ1v) is 34.3. The first-order valence-electron chi connectivity index (χ1n) is 34.3. The van der Waals surface area contributed by atoms with Crippen LogP contribution in [0.1, 0.15) is 98.9 Å². The van der Waals surface area contributed by atoms with Gasteiger partial charge in [-0.3, -0.25) is 62.9 Å². The summed E-state index contributed by atoms with van der Waals surface area (Å²) in [4.78, 5) is 165. The molecule has 6 rings (SSSR count). The highest BCUT2D eigenvalue weighted by Crippen LogP contribution is 2.39. The number of nitrogens with one attached hydrogen (secondary N) is 10. The average molecular weight is 1450 g/mol. The molecule has 0 heterocycles. The number of primary amides is 1. The summed E-state index contributed by atoms with van der Waals surface area (Å²) in [6.45, 7) is 11.0. The molecule has 7 atom stereocenters. The fourth-order valence-corrected chi connectivity index (χ4v) is 11.8. The molecule has 0 saturated carbocycles. The highest BCUT2D eigenvalue weighted by Gasteiger charge is 2.44. The zero-order chi connectivity index (χ0) is 77.1. The molecule has 0 aliphatic heterocycles. The van der Waals surface area contributed by atoms with Crippen LogP contribution in [0.2, 0.25) is 0 Å². The lowest BCUT2D eigenvalue weighted by Crippen LogP contribution is -2.63. The van der Waals surface area contributed by atoms with Gasteiger partial charge in [-0.2, -0.15) is 0 Å². The Labute approximate surface area is 609 Å². The number of nitro benzene ring substituents is 1. The second kappa shape index (κ2) is 39.6. The molecule has 0 radical (unpaired) electrons. The molecule has 11 amide bonds. The van der Waals surface area contributed by atoms with Gasteiger partial charge in [0.2, 0.25) is 65.0 Å². The van der Waals surface area contributed by atoms with Gasteiger partial charge in [-0.25, -0.2) is 0 Å². The van der Waals surface area contributed by atoms with Crippen LogP contribution in [-0.2, 0) is 90.4 Å². The molecule has 0 aromatic heterocycles. The van der Waals surface area contributed by atoms with Gasteiger partial charge < -0.3 is 79.6 Å². The van der Waals surface area contributed by atoms with E-state index in [9.17, 15) is 63.5 Å². The number of carbonyl (C=O) groups excluding carboxylic acids is 11. The van der Waals surface area contributed by atoms with Crippen molar-refractivity contribution in [2.24, 2.45) is 23.3 Å². The maximum Gasteiger partial charge on any atom is 0.276 e. The standard InChI is InChI=1S/C76H95N13O16/c1-44(2)31-56(69(78)96)85-72(99)59(36-48-17-11-9-12-18-48)83-65(94)42-80-64(93)40-82-71(98)58(38-51-25-29-54(91)30-26-51)87-75(102)68(76(7,8)67-47(6)33-46(5)34-62(67)105-43-52-21-15-16-22-61(52)89(103)104)88-74(101)57(32-45(3)4)86-73(100)60(37-49-19-13-10-14-20-49)84-66(95)41-79-63(92)39-81-70(97)55(77)35-50-23-27-53(90)28-24-50/h9-30,33-34,44-45,55-60,68,90-91H,31-32,35-43,77H2,1-8H3,(H2,78,96)(H,79,92)(H,80,93)(H,81,97)(H,82,98)(H,83,94)(H,84,95)(H,85,99)(H,86,100)(H,87,102)(H,88,101)/t55-,56-,57-,58-,59-,60-,68+/m0/s1. The van der Waals surface area contributed by atoms with Crippen LogP contribution in [0.3, 0.4) is 0 Å². The quantitative estimate of drug-likeness (QED) is 0.0195. The number of ether oxygens (including phenoxy) is 1. The number of nitro groups is 1. The number of rotatable bonds is 39. The number of hydrogen-bond acceptors (Lipinski definition) is 17. The van der Waals surface area contributed by atoms with E-state index in [1.807, 2.05) is 13.8 Å². The molecule has 0 aliphatic rings. The molecule has 0 bridgehead atoms. The van der Waals surface area contributed by atoms with Gasteiger partial charge in [0.05, 0.1) is 42.7 Å². The van der Waals surface area contributed by atoms with Crippen LogP contribution in [0.5, 0.6) is 17.2 Å². The monoisotopic (exact) mass is 1450 g/mol. The summed E-state index contributed by atoms with van der Waals surface area (Å²) in [6, 6.07) is 29.0. The minimum Gasteiger partial charge on any atom is -0.508 e. The van der Waals surface area contributed by atoms with Crippen molar-refractivity contribution in [1.82, 2.24) is 53.2 Å². The lowest BCUT2D eigenvalue weighted by Gasteiger charge is -2.38. The molecule has 6 aromatic rings. The number of aryl methyl sites for hydroxylation is 2. The zero-order valence-electron chi connectivity index (χ0n) is 60.0. The number of nitrogens with two attached hydrogens (primary N) is 2. The topological polar surface area (TPSA) is 453 Å². The summed E-state index contributed by atoms with van der Waals surface area (Å²) in [6.07, 6.45) is -0.131. The third kappa shape index (κ3) is 26.5. The summed E-state index contributed by atoms with van der Waals surface area (Å²) in [5.74, 6) is -9.38. The molecule has 0 saturated heterocycles. The lowest BCUT2D eigenvalue weighted by molar-refractivity contribution is -0.385. The Bertz CT molecular complexity index is 4030. The molecule has 0 unspecified atom stereocenters. The van der Waals surface area contributed by atoms with E-state index in [4.69, 9.17) is 16.2 Å². The van der Waals surface area contributed by atoms with E-state index in [1.54, 1.807) is 133 Å². The number of hydrogen-bond donors (Lipinski definition) is 14. The molecule has 29 nitrogen and oxygen atoms in total. The van der Waals surface area contributed by atoms with Crippen LogP contribution in [0.4, 0.5) is 5.69 Å². The van der Waals surface area contributed by atoms with Crippen molar-refractivity contribution in [1.29, 1.82) is 0 Å². The van der Waals surface area contributed by atoms with E-state index >= 15 is 9.59 Å². The minimum absolute atomic E-state index is 0.00132. The van der Waals surface area contributed by atoms with Crippen LogP contribution < -0.4 is 69.4 Å². The number of phenolic OH excluding ortho intramolecular Hbond substituents is 2. The number of amides is 11. The molecule has 0 aliphatic carbocycles. The van der Waals surface area contributed by atoms with E-state index in [0.717, 1.165) is 0 Å². The molecule has 560 valence electrons. The summed E-state index contributed by atoms with van der Waals surface area (Å²) < 4.78 is 6.45. The van der Waals surface area contributed by atoms with Gasteiger partial charge in [0.25, 0.3) is 5.69 Å². The minimum atomic E-state index is -1.73. The summed E-state index contributed by atoms with van der Waals surface area (Å²) in [7, 11) is 0. The van der Waals surface area contributed by atoms with Crippen LogP contribution in [0.15, 0.2) is 146 Å². The second-order valence-electron chi connectivity index (χ2n) is 27.1. The largest absolute Gasteiger partial charge is 0.508 e. The molecule has 0 spiro atoms. The maximum absolute atomic E-state index is 15.7. The van der Waals surface area contributed by atoms with Gasteiger partial charge in [0.1, 0.15) is 60.1 Å². The number of nitrogens with zero attached hydrogens (tertiary/aromatic N) is 1. The molecule has 105 heavy (non-hydrogen) atoms. The van der Waals surface area contributed by atoms with E-state index in [-0.39, 0.29) is 85.5 Å². The fourth-order valence-electron chi connectivity index (χ4n) is 11.8. The zero-order valence-corrected chi connectivity index (χ0v) is 60.0. The Hall–Kier alpha value is -11.8. The molecule has 16 N–H and O–H groups in total. The number of aromatic hydroxyl groups is 2. The summed E-state index contributed by atoms with van der Waals surface area (Å²) >= 11 is 0. The second-order valence-corrected chi connectivity index (χ2v) is 27.1. The van der Waals surface area contributed by atoms with Crippen LogP contribution >= 0.6 is 0 Å². The maximum atomic E-state index is 15.7. The lowest BCUT2D eigenvalue weighted by atomic mass is 9.74. The first-order chi connectivity index (χ1) is 49.8. The van der Waals surface area contributed by atoms with Crippen molar-refractivity contribution in [2.75, 3.05) is 26.2 Å². The average Bonchev–Trinajstić information content (AvgIpc) is 0.764. The summed E-state index contributed by atoms with van der Waals surface area (Å²) in [5.41, 5.74) is 13.9. The van der Waals surface area contributed by atoms with Crippen molar-refractivity contribution in [3.8, 4) is 17.2 Å². The fraction of sp³-hybridized carbons (Fsp3) is 0.382. The van der Waals surface area contributed by atoms with E-state index in [2.05, 4.69) is 53.2 Å². The van der Waals surface area contributed by atoms with Gasteiger partial charge in [0.15, 0.2) is 0 Å². The Morgan fingerprint density at radius 2 is 0.886 bits per heavy atom. The van der Waals surface area contributed by atoms with Gasteiger partial charge >= 0.3 is 0 Å². The van der Waals surface area contributed by atoms with Gasteiger partial charge in [-0.1, -0.05) is 145 Å². The van der Waals surface area contributed by atoms with Crippen molar-refractivity contribution in [3.05, 3.63) is 200 Å². The molecule has 0 fully saturated rings. The van der Waals surface area contributed by atoms with Gasteiger partial charge in [-0.05, 0) is 115 Å².